The molecule has 1 aromatic heterocycles. The van der Waals surface area contributed by atoms with E-state index in [0.29, 0.717) is 30.5 Å². The van der Waals surface area contributed by atoms with E-state index in [4.69, 9.17) is 18.6 Å². The van der Waals surface area contributed by atoms with Crippen molar-refractivity contribution in [3.8, 4) is 28.7 Å². The maximum atomic E-state index is 12.4. The molecule has 1 aliphatic rings. The Morgan fingerprint density at radius 1 is 1.06 bits per heavy atom. The van der Waals surface area contributed by atoms with Crippen molar-refractivity contribution in [2.45, 2.75) is 45.3 Å². The molecule has 4 rings (SSSR count). The number of aromatic nitrogens is 1. The topological polar surface area (TPSA) is 74.0 Å². The average molecular weight is 437 g/mol. The second kappa shape index (κ2) is 9.34. The number of amides is 1. The molecule has 168 valence electrons. The minimum absolute atomic E-state index is 0.0166. The summed E-state index contributed by atoms with van der Waals surface area (Å²) in [5, 5.41) is 0. The summed E-state index contributed by atoms with van der Waals surface area (Å²) in [6.45, 7) is 6.76. The fourth-order valence-corrected chi connectivity index (χ4v) is 3.53. The number of ether oxygens (including phenoxy) is 3. The highest BCUT2D eigenvalue weighted by molar-refractivity contribution is 5.69. The van der Waals surface area contributed by atoms with Crippen LogP contribution in [0.5, 0.6) is 17.2 Å². The molecule has 32 heavy (non-hydrogen) atoms. The van der Waals surface area contributed by atoms with Crippen molar-refractivity contribution in [1.82, 2.24) is 9.88 Å². The first-order valence-electron chi connectivity index (χ1n) is 10.8. The van der Waals surface area contributed by atoms with Gasteiger partial charge in [-0.15, -0.1) is 0 Å². The number of hydrogen-bond acceptors (Lipinski definition) is 6. The molecule has 7 nitrogen and oxygen atoms in total. The molecular weight excluding hydrogens is 408 g/mol. The highest BCUT2D eigenvalue weighted by Crippen LogP contribution is 2.27. The van der Waals surface area contributed by atoms with Gasteiger partial charge in [0.25, 0.3) is 0 Å². The first kappa shape index (κ1) is 21.7. The van der Waals surface area contributed by atoms with Gasteiger partial charge in [0.15, 0.2) is 0 Å². The minimum atomic E-state index is -0.503. The third-order valence-electron chi connectivity index (χ3n) is 5.04. The van der Waals surface area contributed by atoms with E-state index in [1.165, 1.54) is 0 Å². The lowest BCUT2D eigenvalue weighted by Crippen LogP contribution is -2.42. The van der Waals surface area contributed by atoms with Crippen molar-refractivity contribution >= 4 is 6.09 Å². The summed E-state index contributed by atoms with van der Waals surface area (Å²) >= 11 is 0. The SMILES string of the molecule is CC(C)(C)OC(=O)N1CCC[C@@H]1COc1ccc(Oc2ccc(-c3ncco3)cc2)cc1. The van der Waals surface area contributed by atoms with Crippen LogP contribution in [0.3, 0.4) is 0 Å². The zero-order valence-electron chi connectivity index (χ0n) is 18.6. The van der Waals surface area contributed by atoms with Gasteiger partial charge in [0.2, 0.25) is 5.89 Å². The van der Waals surface area contributed by atoms with E-state index in [-0.39, 0.29) is 12.1 Å². The first-order chi connectivity index (χ1) is 15.4. The number of carbonyl (C=O) groups excluding carboxylic acids is 1. The average Bonchev–Trinajstić information content (AvgIpc) is 3.45. The number of likely N-dealkylation sites (tertiary alicyclic amines) is 1. The largest absolute Gasteiger partial charge is 0.491 e. The van der Waals surface area contributed by atoms with Crippen molar-refractivity contribution in [1.29, 1.82) is 0 Å². The Balaban J connectivity index is 1.30. The number of carbonyl (C=O) groups is 1. The number of rotatable bonds is 6. The van der Waals surface area contributed by atoms with E-state index in [9.17, 15) is 4.79 Å². The normalized spacial score (nSPS) is 16.1. The van der Waals surface area contributed by atoms with E-state index in [1.54, 1.807) is 17.4 Å². The summed E-state index contributed by atoms with van der Waals surface area (Å²) in [5.74, 6) is 2.73. The van der Waals surface area contributed by atoms with Crippen LogP contribution >= 0.6 is 0 Å². The third-order valence-corrected chi connectivity index (χ3v) is 5.04. The molecule has 0 radical (unpaired) electrons. The van der Waals surface area contributed by atoms with Crippen LogP contribution in [0, 0.1) is 0 Å². The highest BCUT2D eigenvalue weighted by Gasteiger charge is 2.32. The summed E-state index contributed by atoms with van der Waals surface area (Å²) in [5.41, 5.74) is 0.384. The fraction of sp³-hybridized carbons (Fsp3) is 0.360. The van der Waals surface area contributed by atoms with Crippen molar-refractivity contribution in [2.75, 3.05) is 13.2 Å². The summed E-state index contributed by atoms with van der Waals surface area (Å²) in [4.78, 5) is 18.3. The number of oxazole rings is 1. The van der Waals surface area contributed by atoms with Crippen molar-refractivity contribution < 1.29 is 23.4 Å². The molecule has 0 N–H and O–H groups in total. The highest BCUT2D eigenvalue weighted by atomic mass is 16.6. The lowest BCUT2D eigenvalue weighted by molar-refractivity contribution is 0.0187. The number of hydrogen-bond donors (Lipinski definition) is 0. The van der Waals surface area contributed by atoms with Crippen LogP contribution in [-0.4, -0.2) is 40.8 Å². The second-order valence-electron chi connectivity index (χ2n) is 8.72. The Bertz CT molecular complexity index is 1010. The summed E-state index contributed by atoms with van der Waals surface area (Å²) in [7, 11) is 0. The lowest BCUT2D eigenvalue weighted by Gasteiger charge is -2.28. The summed E-state index contributed by atoms with van der Waals surface area (Å²) in [6.07, 6.45) is 4.75. The predicted octanol–water partition coefficient (Wildman–Crippen LogP) is 5.91. The van der Waals surface area contributed by atoms with Gasteiger partial charge in [0, 0.05) is 12.1 Å². The van der Waals surface area contributed by atoms with Crippen molar-refractivity contribution in [3.63, 3.8) is 0 Å². The van der Waals surface area contributed by atoms with Crippen LogP contribution in [0.25, 0.3) is 11.5 Å². The van der Waals surface area contributed by atoms with Gasteiger partial charge in [-0.25, -0.2) is 9.78 Å². The van der Waals surface area contributed by atoms with Crippen LogP contribution in [0.4, 0.5) is 4.79 Å². The molecule has 1 saturated heterocycles. The van der Waals surface area contributed by atoms with Gasteiger partial charge >= 0.3 is 6.09 Å². The van der Waals surface area contributed by atoms with Crippen molar-refractivity contribution in [2.24, 2.45) is 0 Å². The van der Waals surface area contributed by atoms with Crippen LogP contribution < -0.4 is 9.47 Å². The van der Waals surface area contributed by atoms with Gasteiger partial charge in [-0.05, 0) is 82.1 Å². The molecule has 0 aliphatic carbocycles. The van der Waals surface area contributed by atoms with Crippen LogP contribution in [0.1, 0.15) is 33.6 Å². The standard InChI is InChI=1S/C25H28N2O5/c1-25(2,3)32-24(28)27-15-4-5-19(27)17-30-20-10-12-22(13-11-20)31-21-8-6-18(7-9-21)23-26-14-16-29-23/h6-14,16,19H,4-5,15,17H2,1-3H3/t19-/m1/s1. The molecule has 0 bridgehead atoms. The minimum Gasteiger partial charge on any atom is -0.491 e. The second-order valence-corrected chi connectivity index (χ2v) is 8.72. The molecule has 1 amide bonds. The molecule has 2 aromatic carbocycles. The number of benzene rings is 2. The Labute approximate surface area is 187 Å². The lowest BCUT2D eigenvalue weighted by atomic mass is 10.2. The van der Waals surface area contributed by atoms with Gasteiger partial charge in [-0.3, -0.25) is 0 Å². The molecule has 1 fully saturated rings. The Hall–Kier alpha value is -3.48. The molecule has 2 heterocycles. The molecule has 1 aliphatic heterocycles. The Morgan fingerprint density at radius 2 is 1.72 bits per heavy atom. The zero-order valence-corrected chi connectivity index (χ0v) is 18.6. The van der Waals surface area contributed by atoms with E-state index >= 15 is 0 Å². The number of nitrogens with zero attached hydrogens (tertiary/aromatic N) is 2. The maximum absolute atomic E-state index is 12.4. The van der Waals surface area contributed by atoms with Crippen molar-refractivity contribution in [3.05, 3.63) is 61.0 Å². The monoisotopic (exact) mass is 436 g/mol. The molecular formula is C25H28N2O5. The van der Waals surface area contributed by atoms with Crippen LogP contribution in [0.2, 0.25) is 0 Å². The Kier molecular flexibility index (Phi) is 6.35. The predicted molar refractivity (Wildman–Crippen MR) is 120 cm³/mol. The van der Waals surface area contributed by atoms with Gasteiger partial charge in [0.1, 0.15) is 35.7 Å². The van der Waals surface area contributed by atoms with Gasteiger partial charge < -0.3 is 23.5 Å². The van der Waals surface area contributed by atoms with Crippen LogP contribution in [0.15, 0.2) is 65.4 Å². The summed E-state index contributed by atoms with van der Waals surface area (Å²) < 4.78 is 22.7. The molecule has 7 heteroatoms. The fourth-order valence-electron chi connectivity index (χ4n) is 3.53. The van der Waals surface area contributed by atoms with E-state index in [1.807, 2.05) is 69.3 Å². The van der Waals surface area contributed by atoms with Crippen LogP contribution in [-0.2, 0) is 4.74 Å². The van der Waals surface area contributed by atoms with Gasteiger partial charge in [0.05, 0.1) is 12.2 Å². The van der Waals surface area contributed by atoms with E-state index in [0.717, 1.165) is 24.2 Å². The summed E-state index contributed by atoms with van der Waals surface area (Å²) in [6, 6.07) is 15.0. The Morgan fingerprint density at radius 3 is 2.34 bits per heavy atom. The van der Waals surface area contributed by atoms with Gasteiger partial charge in [-0.2, -0.15) is 0 Å². The molecule has 0 unspecified atom stereocenters. The zero-order chi connectivity index (χ0) is 22.6. The molecule has 3 aromatic rings. The quantitative estimate of drug-likeness (QED) is 0.478. The van der Waals surface area contributed by atoms with Gasteiger partial charge in [-0.1, -0.05) is 0 Å². The maximum Gasteiger partial charge on any atom is 0.410 e. The van der Waals surface area contributed by atoms with E-state index < -0.39 is 5.60 Å². The molecule has 0 spiro atoms. The third kappa shape index (κ3) is 5.60. The van der Waals surface area contributed by atoms with E-state index in [2.05, 4.69) is 4.98 Å². The molecule has 1 atom stereocenters. The molecule has 0 saturated carbocycles. The first-order valence-corrected chi connectivity index (χ1v) is 10.8. The smallest absolute Gasteiger partial charge is 0.410 e.